The average Bonchev–Trinajstić information content (AvgIpc) is 2.88. The Morgan fingerprint density at radius 1 is 0.971 bits per heavy atom. The first kappa shape index (κ1) is 24.1. The van der Waals surface area contributed by atoms with Gasteiger partial charge in [0.2, 0.25) is 0 Å². The molecule has 0 saturated carbocycles. The Morgan fingerprint density at radius 2 is 1.68 bits per heavy atom. The highest BCUT2D eigenvalue weighted by molar-refractivity contribution is 5.95. The van der Waals surface area contributed by atoms with E-state index in [4.69, 9.17) is 24.2 Å². The van der Waals surface area contributed by atoms with Crippen LogP contribution >= 0.6 is 0 Å². The van der Waals surface area contributed by atoms with Gasteiger partial charge in [-0.15, -0.1) is 0 Å². The Morgan fingerprint density at radius 3 is 2.29 bits per heavy atom. The fraction of sp³-hybridized carbons (Fsp3) is 0.192. The Hall–Kier alpha value is -4.51. The molecular formula is C26H25N3O5. The molecule has 0 radical (unpaired) electrons. The maximum Gasteiger partial charge on any atom is 0.271 e. The van der Waals surface area contributed by atoms with Crippen LogP contribution in [0.4, 0.5) is 0 Å². The van der Waals surface area contributed by atoms with Crippen molar-refractivity contribution in [1.82, 2.24) is 5.43 Å². The number of methoxy groups -OCH3 is 2. The number of hydrogen-bond acceptors (Lipinski definition) is 7. The van der Waals surface area contributed by atoms with Crippen LogP contribution in [0.25, 0.3) is 0 Å². The monoisotopic (exact) mass is 459 g/mol. The van der Waals surface area contributed by atoms with Gasteiger partial charge in [0.05, 0.1) is 38.7 Å². The van der Waals surface area contributed by atoms with Crippen molar-refractivity contribution in [3.05, 3.63) is 82.9 Å². The molecule has 8 heteroatoms. The van der Waals surface area contributed by atoms with Gasteiger partial charge in [-0.05, 0) is 60.5 Å². The molecule has 0 heterocycles. The third-order valence-electron chi connectivity index (χ3n) is 4.74. The van der Waals surface area contributed by atoms with Crippen LogP contribution in [0.3, 0.4) is 0 Å². The van der Waals surface area contributed by atoms with Crippen LogP contribution < -0.4 is 24.4 Å². The van der Waals surface area contributed by atoms with E-state index in [1.165, 1.54) is 20.4 Å². The summed E-state index contributed by atoms with van der Waals surface area (Å²) in [6.45, 7) is 2.68. The van der Waals surface area contributed by atoms with Crippen molar-refractivity contribution in [2.75, 3.05) is 20.8 Å². The number of carbonyl (C=O) groups excluding carboxylic acids is 1. The average molecular weight is 460 g/mol. The zero-order valence-corrected chi connectivity index (χ0v) is 19.2. The van der Waals surface area contributed by atoms with E-state index in [1.807, 2.05) is 19.1 Å². The maximum atomic E-state index is 12.5. The molecule has 174 valence electrons. The van der Waals surface area contributed by atoms with Crippen LogP contribution in [-0.4, -0.2) is 32.9 Å². The quantitative estimate of drug-likeness (QED) is 0.358. The molecule has 0 fully saturated rings. The largest absolute Gasteiger partial charge is 0.497 e. The first-order chi connectivity index (χ1) is 16.6. The molecule has 0 saturated heterocycles. The molecule has 0 aliphatic carbocycles. The molecule has 0 atom stereocenters. The summed E-state index contributed by atoms with van der Waals surface area (Å²) < 4.78 is 22.0. The molecule has 0 bridgehead atoms. The van der Waals surface area contributed by atoms with E-state index in [1.54, 1.807) is 48.5 Å². The predicted molar refractivity (Wildman–Crippen MR) is 128 cm³/mol. The van der Waals surface area contributed by atoms with Crippen molar-refractivity contribution >= 4 is 12.1 Å². The normalized spacial score (nSPS) is 10.4. The fourth-order valence-electron chi connectivity index (χ4n) is 3.00. The van der Waals surface area contributed by atoms with Gasteiger partial charge in [0.25, 0.3) is 5.91 Å². The molecular weight excluding hydrogens is 434 g/mol. The number of nitrogens with one attached hydrogen (secondary N) is 1. The summed E-state index contributed by atoms with van der Waals surface area (Å²) in [5.74, 6) is 1.75. The van der Waals surface area contributed by atoms with Crippen LogP contribution in [0, 0.1) is 11.3 Å². The molecule has 3 aromatic rings. The number of benzene rings is 3. The Labute approximate surface area is 198 Å². The second-order valence-electron chi connectivity index (χ2n) is 7.04. The van der Waals surface area contributed by atoms with Crippen molar-refractivity contribution in [3.8, 4) is 29.1 Å². The molecule has 0 spiro atoms. The number of hydrogen-bond donors (Lipinski definition) is 1. The third kappa shape index (κ3) is 6.50. The molecule has 0 aliphatic rings. The van der Waals surface area contributed by atoms with Crippen molar-refractivity contribution in [1.29, 1.82) is 5.26 Å². The molecule has 8 nitrogen and oxygen atoms in total. The Kier molecular flexibility index (Phi) is 8.47. The lowest BCUT2D eigenvalue weighted by Gasteiger charge is -2.12. The van der Waals surface area contributed by atoms with Crippen LogP contribution in [0.15, 0.2) is 65.8 Å². The van der Waals surface area contributed by atoms with E-state index in [2.05, 4.69) is 16.6 Å². The van der Waals surface area contributed by atoms with E-state index < -0.39 is 5.91 Å². The standard InChI is InChI=1S/C26H25N3O5/c1-4-33-25-11-20(9-10-24(25)34-17-19-7-5-18(15-27)6-8-19)16-28-29-26(30)21-12-22(31-2)14-23(13-21)32-3/h5-14,16H,4,17H2,1-3H3,(H,29,30)/b28-16-. The number of hydrazone groups is 1. The minimum absolute atomic E-state index is 0.333. The molecule has 3 rings (SSSR count). The van der Waals surface area contributed by atoms with Crippen molar-refractivity contribution in [2.24, 2.45) is 5.10 Å². The summed E-state index contributed by atoms with van der Waals surface area (Å²) in [5.41, 5.74) is 5.10. The van der Waals surface area contributed by atoms with Crippen LogP contribution in [0.2, 0.25) is 0 Å². The minimum atomic E-state index is -0.402. The summed E-state index contributed by atoms with van der Waals surface area (Å²) in [7, 11) is 3.03. The number of amides is 1. The van der Waals surface area contributed by atoms with E-state index in [9.17, 15) is 4.79 Å². The lowest BCUT2D eigenvalue weighted by Crippen LogP contribution is -2.17. The predicted octanol–water partition coefficient (Wildman–Crippen LogP) is 4.32. The second-order valence-corrected chi connectivity index (χ2v) is 7.04. The Balaban J connectivity index is 1.67. The zero-order valence-electron chi connectivity index (χ0n) is 19.2. The van der Waals surface area contributed by atoms with Gasteiger partial charge in [0, 0.05) is 11.6 Å². The van der Waals surface area contributed by atoms with Crippen LogP contribution in [-0.2, 0) is 6.61 Å². The molecule has 1 N–H and O–H groups in total. The van der Waals surface area contributed by atoms with E-state index >= 15 is 0 Å². The maximum absolute atomic E-state index is 12.5. The first-order valence-electron chi connectivity index (χ1n) is 10.5. The summed E-state index contributed by atoms with van der Waals surface area (Å²) in [6, 6.07) is 19.5. The fourth-order valence-corrected chi connectivity index (χ4v) is 3.00. The topological polar surface area (TPSA) is 102 Å². The van der Waals surface area contributed by atoms with Crippen molar-refractivity contribution in [2.45, 2.75) is 13.5 Å². The number of carbonyl (C=O) groups is 1. The smallest absolute Gasteiger partial charge is 0.271 e. The molecule has 3 aromatic carbocycles. The highest BCUT2D eigenvalue weighted by Crippen LogP contribution is 2.29. The lowest BCUT2D eigenvalue weighted by molar-refractivity contribution is 0.0954. The molecule has 0 aromatic heterocycles. The molecule has 0 unspecified atom stereocenters. The zero-order chi connectivity index (χ0) is 24.3. The van der Waals surface area contributed by atoms with Gasteiger partial charge in [0.1, 0.15) is 18.1 Å². The molecule has 34 heavy (non-hydrogen) atoms. The lowest BCUT2D eigenvalue weighted by atomic mass is 10.1. The van der Waals surface area contributed by atoms with Gasteiger partial charge >= 0.3 is 0 Å². The summed E-state index contributed by atoms with van der Waals surface area (Å²) in [4.78, 5) is 12.5. The highest BCUT2D eigenvalue weighted by Gasteiger charge is 2.10. The minimum Gasteiger partial charge on any atom is -0.497 e. The van der Waals surface area contributed by atoms with Gasteiger partial charge in [0.15, 0.2) is 11.5 Å². The molecule has 1 amide bonds. The van der Waals surface area contributed by atoms with Crippen LogP contribution in [0.5, 0.6) is 23.0 Å². The summed E-state index contributed by atoms with van der Waals surface area (Å²) in [6.07, 6.45) is 1.52. The van der Waals surface area contributed by atoms with Gasteiger partial charge in [-0.25, -0.2) is 5.43 Å². The third-order valence-corrected chi connectivity index (χ3v) is 4.74. The van der Waals surface area contributed by atoms with Gasteiger partial charge in [-0.3, -0.25) is 4.79 Å². The van der Waals surface area contributed by atoms with Crippen molar-refractivity contribution in [3.63, 3.8) is 0 Å². The Bertz CT molecular complexity index is 1180. The molecule has 0 aliphatic heterocycles. The number of nitrogens with zero attached hydrogens (tertiary/aromatic N) is 2. The summed E-state index contributed by atoms with van der Waals surface area (Å²) >= 11 is 0. The van der Waals surface area contributed by atoms with Crippen LogP contribution in [0.1, 0.15) is 34.0 Å². The highest BCUT2D eigenvalue weighted by atomic mass is 16.5. The number of nitriles is 1. The van der Waals surface area contributed by atoms with E-state index in [0.29, 0.717) is 47.3 Å². The summed E-state index contributed by atoms with van der Waals surface area (Å²) in [5, 5.41) is 12.9. The number of rotatable bonds is 10. The SMILES string of the molecule is CCOc1cc(/C=N\NC(=O)c2cc(OC)cc(OC)c2)ccc1OCc1ccc(C#N)cc1. The number of ether oxygens (including phenoxy) is 4. The van der Waals surface area contributed by atoms with Crippen molar-refractivity contribution < 1.29 is 23.7 Å². The van der Waals surface area contributed by atoms with E-state index in [-0.39, 0.29) is 0 Å². The van der Waals surface area contributed by atoms with Gasteiger partial charge in [-0.1, -0.05) is 12.1 Å². The first-order valence-corrected chi connectivity index (χ1v) is 10.5. The van der Waals surface area contributed by atoms with E-state index in [0.717, 1.165) is 11.1 Å². The van der Waals surface area contributed by atoms with Gasteiger partial charge in [-0.2, -0.15) is 10.4 Å². The van der Waals surface area contributed by atoms with Gasteiger partial charge < -0.3 is 18.9 Å². The second kappa shape index (κ2) is 11.9.